The monoisotopic (exact) mass is 580 g/mol. The number of aliphatic imine (C=N–C) groups is 1. The molecule has 3 aromatic rings. The minimum atomic E-state index is 0.452. The number of nitrogens with one attached hydrogen (secondary N) is 1. The Kier molecular flexibility index (Phi) is 5.72. The second kappa shape index (κ2) is 8.38. The van der Waals surface area contributed by atoms with Crippen LogP contribution in [-0.2, 0) is 0 Å². The highest BCUT2D eigenvalue weighted by Gasteiger charge is 2.09. The maximum absolute atomic E-state index is 4.51. The molecule has 27 heavy (non-hydrogen) atoms. The van der Waals surface area contributed by atoms with Crippen LogP contribution in [0.25, 0.3) is 10.8 Å². The van der Waals surface area contributed by atoms with Gasteiger partial charge in [-0.1, -0.05) is 30.3 Å². The average Bonchev–Trinajstić information content (AvgIpc) is 2.66. The zero-order valence-electron chi connectivity index (χ0n) is 14.1. The van der Waals surface area contributed by atoms with Gasteiger partial charge < -0.3 is 0 Å². The molecule has 1 aliphatic rings. The van der Waals surface area contributed by atoms with Crippen LogP contribution < -0.4 is 5.43 Å². The third kappa shape index (κ3) is 4.86. The number of aromatic nitrogens is 3. The number of allylic oxidation sites excluding steroid dienone is 2. The number of fused-ring (bicyclic) bond motifs is 1. The van der Waals surface area contributed by atoms with Gasteiger partial charge in [0, 0.05) is 50.9 Å². The molecule has 0 aliphatic heterocycles. The van der Waals surface area contributed by atoms with E-state index in [0.29, 0.717) is 13.6 Å². The highest BCUT2D eigenvalue weighted by Crippen LogP contribution is 2.19. The van der Waals surface area contributed by atoms with Crippen LogP contribution in [0.4, 0.5) is 11.6 Å². The van der Waals surface area contributed by atoms with Crippen LogP contribution in [0.15, 0.2) is 64.7 Å². The van der Waals surface area contributed by atoms with Crippen LogP contribution >= 0.6 is 45.2 Å². The molecule has 1 heterocycles. The first-order valence-electron chi connectivity index (χ1n) is 8.30. The molecule has 1 N–H and O–H groups in total. The van der Waals surface area contributed by atoms with E-state index in [0.717, 1.165) is 30.0 Å². The molecule has 0 unspecified atom stereocenters. The van der Waals surface area contributed by atoms with Gasteiger partial charge in [0.1, 0.15) is 0 Å². The van der Waals surface area contributed by atoms with E-state index in [2.05, 4.69) is 99.9 Å². The quantitative estimate of drug-likeness (QED) is 0.345. The van der Waals surface area contributed by atoms with Gasteiger partial charge in [-0.2, -0.15) is 20.1 Å². The van der Waals surface area contributed by atoms with Gasteiger partial charge in [-0.05, 0) is 47.9 Å². The van der Waals surface area contributed by atoms with E-state index >= 15 is 0 Å². The lowest BCUT2D eigenvalue weighted by Gasteiger charge is -2.10. The van der Waals surface area contributed by atoms with Gasteiger partial charge in [-0.25, -0.2) is 4.99 Å². The fourth-order valence-corrected chi connectivity index (χ4v) is 4.04. The zero-order valence-corrected chi connectivity index (χ0v) is 18.4. The molecule has 8 heteroatoms. The van der Waals surface area contributed by atoms with Crippen LogP contribution in [0, 0.1) is 7.66 Å². The van der Waals surface area contributed by atoms with Crippen molar-refractivity contribution in [3.8, 4) is 0 Å². The minimum Gasteiger partial charge on any atom is -0.278 e. The molecule has 0 spiro atoms. The maximum atomic E-state index is 4.51. The van der Waals surface area contributed by atoms with Crippen LogP contribution in [0.2, 0.25) is 0 Å². The Morgan fingerprint density at radius 3 is 2.26 bits per heavy atom. The smallest absolute Gasteiger partial charge is 0.254 e. The standard InChI is InChI=1S/C19H14I2N6/c20-17-23-18(21)25-19(24-17)22-14-7-9-15(10-8-14)26-27-16-6-5-12-3-1-2-4-13(12)11-16/h1-7,9,11,27H,8,10H2. The van der Waals surface area contributed by atoms with Crippen molar-refractivity contribution in [3.63, 3.8) is 0 Å². The van der Waals surface area contributed by atoms with Gasteiger partial charge in [-0.15, -0.1) is 0 Å². The van der Waals surface area contributed by atoms with E-state index in [-0.39, 0.29) is 0 Å². The van der Waals surface area contributed by atoms with Crippen molar-refractivity contribution in [3.05, 3.63) is 62.3 Å². The molecule has 0 amide bonds. The number of anilines is 1. The van der Waals surface area contributed by atoms with Crippen molar-refractivity contribution in [1.82, 2.24) is 15.0 Å². The highest BCUT2D eigenvalue weighted by molar-refractivity contribution is 14.1. The van der Waals surface area contributed by atoms with Gasteiger partial charge in [-0.3, -0.25) is 5.43 Å². The third-order valence-electron chi connectivity index (χ3n) is 4.00. The maximum Gasteiger partial charge on any atom is 0.254 e. The molecule has 1 aromatic heterocycles. The van der Waals surface area contributed by atoms with Crippen molar-refractivity contribution < 1.29 is 0 Å². The van der Waals surface area contributed by atoms with Crippen molar-refractivity contribution in [2.24, 2.45) is 10.1 Å². The number of hydrazone groups is 1. The summed E-state index contributed by atoms with van der Waals surface area (Å²) in [6, 6.07) is 14.5. The molecule has 4 rings (SSSR count). The first-order valence-corrected chi connectivity index (χ1v) is 10.5. The van der Waals surface area contributed by atoms with E-state index in [4.69, 9.17) is 0 Å². The number of nitrogens with zero attached hydrogens (tertiary/aromatic N) is 5. The summed E-state index contributed by atoms with van der Waals surface area (Å²) in [4.78, 5) is 17.1. The number of rotatable bonds is 3. The SMILES string of the molecule is Ic1nc(I)nc(N=C2C=CC(=NNc3ccc4ccccc4c3)CC2)n1. The Morgan fingerprint density at radius 1 is 0.815 bits per heavy atom. The van der Waals surface area contributed by atoms with Gasteiger partial charge >= 0.3 is 0 Å². The number of benzene rings is 2. The molecule has 0 saturated heterocycles. The third-order valence-corrected chi connectivity index (χ3v) is 4.96. The summed E-state index contributed by atoms with van der Waals surface area (Å²) >= 11 is 4.14. The van der Waals surface area contributed by atoms with Crippen molar-refractivity contribution >= 4 is 79.0 Å². The Bertz CT molecular complexity index is 1070. The molecule has 0 radical (unpaired) electrons. The lowest BCUT2D eigenvalue weighted by Crippen LogP contribution is -2.09. The molecule has 0 atom stereocenters. The summed E-state index contributed by atoms with van der Waals surface area (Å²) in [5.74, 6) is 0.452. The molecule has 134 valence electrons. The highest BCUT2D eigenvalue weighted by atomic mass is 127. The summed E-state index contributed by atoms with van der Waals surface area (Å²) in [5, 5.41) is 6.92. The second-order valence-corrected chi connectivity index (χ2v) is 7.82. The van der Waals surface area contributed by atoms with Crippen LogP contribution in [0.1, 0.15) is 12.8 Å². The van der Waals surface area contributed by atoms with Crippen LogP contribution in [-0.4, -0.2) is 26.4 Å². The molecule has 0 fully saturated rings. The van der Waals surface area contributed by atoms with Crippen LogP contribution in [0.3, 0.4) is 0 Å². The Balaban J connectivity index is 1.46. The fraction of sp³-hybridized carbons (Fsp3) is 0.105. The van der Waals surface area contributed by atoms with Crippen molar-refractivity contribution in [2.45, 2.75) is 12.8 Å². The fourth-order valence-electron chi connectivity index (χ4n) is 2.69. The van der Waals surface area contributed by atoms with E-state index in [9.17, 15) is 0 Å². The first-order chi connectivity index (χ1) is 13.2. The van der Waals surface area contributed by atoms with Gasteiger partial charge in [0.15, 0.2) is 7.66 Å². The Labute approximate surface area is 183 Å². The van der Waals surface area contributed by atoms with E-state index in [1.807, 2.05) is 30.4 Å². The molecular weight excluding hydrogens is 566 g/mol. The predicted octanol–water partition coefficient (Wildman–Crippen LogP) is 5.12. The van der Waals surface area contributed by atoms with E-state index in [1.54, 1.807) is 0 Å². The van der Waals surface area contributed by atoms with E-state index < -0.39 is 0 Å². The molecular formula is C19H14I2N6. The number of hydrogen-bond acceptors (Lipinski definition) is 6. The minimum absolute atomic E-state index is 0.452. The lowest BCUT2D eigenvalue weighted by atomic mass is 10.0. The van der Waals surface area contributed by atoms with Gasteiger partial charge in [0.05, 0.1) is 11.4 Å². The van der Waals surface area contributed by atoms with Gasteiger partial charge in [0.25, 0.3) is 5.95 Å². The largest absolute Gasteiger partial charge is 0.278 e. The number of hydrogen-bond donors (Lipinski definition) is 1. The predicted molar refractivity (Wildman–Crippen MR) is 126 cm³/mol. The molecule has 0 saturated carbocycles. The topological polar surface area (TPSA) is 75.4 Å². The van der Waals surface area contributed by atoms with Crippen LogP contribution in [0.5, 0.6) is 0 Å². The van der Waals surface area contributed by atoms with E-state index in [1.165, 1.54) is 10.8 Å². The zero-order chi connectivity index (χ0) is 18.6. The molecule has 1 aliphatic carbocycles. The van der Waals surface area contributed by atoms with Crippen molar-refractivity contribution in [2.75, 3.05) is 5.43 Å². The molecule has 2 aromatic carbocycles. The second-order valence-electron chi connectivity index (χ2n) is 5.89. The first kappa shape index (κ1) is 18.4. The van der Waals surface area contributed by atoms with Crippen molar-refractivity contribution in [1.29, 1.82) is 0 Å². The summed E-state index contributed by atoms with van der Waals surface area (Å²) in [5.41, 5.74) is 6.05. The lowest BCUT2D eigenvalue weighted by molar-refractivity contribution is 0.958. The Hall–Kier alpha value is -1.95. The number of halogens is 2. The summed E-state index contributed by atoms with van der Waals surface area (Å²) < 4.78 is 1.29. The summed E-state index contributed by atoms with van der Waals surface area (Å²) in [7, 11) is 0. The molecule has 6 nitrogen and oxygen atoms in total. The summed E-state index contributed by atoms with van der Waals surface area (Å²) in [6.07, 6.45) is 5.56. The average molecular weight is 580 g/mol. The normalized spacial score (nSPS) is 17.0. The van der Waals surface area contributed by atoms with Gasteiger partial charge in [0.2, 0.25) is 0 Å². The summed E-state index contributed by atoms with van der Waals surface area (Å²) in [6.45, 7) is 0. The molecule has 0 bridgehead atoms. The Morgan fingerprint density at radius 2 is 1.52 bits per heavy atom.